The SMILES string of the molecule is CC1CCN(c2nc3ccccc3nc2NS(=O)(=O)c2cnn(C)c2)CC1. The molecule has 1 aliphatic heterocycles. The lowest BCUT2D eigenvalue weighted by atomic mass is 9.99. The Bertz CT molecular complexity index is 1070. The van der Waals surface area contributed by atoms with Crippen LogP contribution in [0.4, 0.5) is 11.6 Å². The Morgan fingerprint density at radius 1 is 1.11 bits per heavy atom. The van der Waals surface area contributed by atoms with E-state index in [9.17, 15) is 8.42 Å². The van der Waals surface area contributed by atoms with E-state index in [-0.39, 0.29) is 10.7 Å². The first kappa shape index (κ1) is 17.7. The van der Waals surface area contributed by atoms with Crippen molar-refractivity contribution in [1.29, 1.82) is 0 Å². The van der Waals surface area contributed by atoms with Crippen LogP contribution in [-0.4, -0.2) is 41.3 Å². The molecule has 4 rings (SSSR count). The van der Waals surface area contributed by atoms with Gasteiger partial charge in [0, 0.05) is 26.3 Å². The molecule has 1 saturated heterocycles. The Morgan fingerprint density at radius 2 is 1.78 bits per heavy atom. The van der Waals surface area contributed by atoms with Crippen molar-refractivity contribution in [3.63, 3.8) is 0 Å². The highest BCUT2D eigenvalue weighted by atomic mass is 32.2. The van der Waals surface area contributed by atoms with Crippen molar-refractivity contribution in [3.8, 4) is 0 Å². The Balaban J connectivity index is 1.77. The molecule has 142 valence electrons. The largest absolute Gasteiger partial charge is 0.353 e. The molecule has 3 aromatic rings. The van der Waals surface area contributed by atoms with Gasteiger partial charge in [-0.15, -0.1) is 0 Å². The van der Waals surface area contributed by atoms with Crippen LogP contribution in [0.3, 0.4) is 0 Å². The molecule has 1 N–H and O–H groups in total. The van der Waals surface area contributed by atoms with E-state index in [4.69, 9.17) is 4.98 Å². The summed E-state index contributed by atoms with van der Waals surface area (Å²) in [7, 11) is -2.12. The molecule has 3 heterocycles. The normalized spacial score (nSPS) is 16.0. The topological polar surface area (TPSA) is 93.0 Å². The van der Waals surface area contributed by atoms with E-state index in [0.29, 0.717) is 17.3 Å². The lowest BCUT2D eigenvalue weighted by Crippen LogP contribution is -2.34. The van der Waals surface area contributed by atoms with Crippen LogP contribution in [0.5, 0.6) is 0 Å². The predicted molar refractivity (Wildman–Crippen MR) is 104 cm³/mol. The Kier molecular flexibility index (Phi) is 4.47. The molecule has 0 bridgehead atoms. The maximum Gasteiger partial charge on any atom is 0.266 e. The number of fused-ring (bicyclic) bond motifs is 1. The van der Waals surface area contributed by atoms with Crippen molar-refractivity contribution in [3.05, 3.63) is 36.7 Å². The number of aromatic nitrogens is 4. The second-order valence-electron chi connectivity index (χ2n) is 7.01. The molecule has 0 atom stereocenters. The van der Waals surface area contributed by atoms with Gasteiger partial charge >= 0.3 is 0 Å². The third-order valence-corrected chi connectivity index (χ3v) is 6.15. The summed E-state index contributed by atoms with van der Waals surface area (Å²) in [5, 5.41) is 3.95. The van der Waals surface area contributed by atoms with Crippen molar-refractivity contribution in [2.24, 2.45) is 13.0 Å². The van der Waals surface area contributed by atoms with Gasteiger partial charge in [-0.05, 0) is 30.9 Å². The lowest BCUT2D eigenvalue weighted by molar-refractivity contribution is 0.437. The van der Waals surface area contributed by atoms with Crippen LogP contribution in [0.15, 0.2) is 41.6 Å². The number of piperidine rings is 1. The highest BCUT2D eigenvalue weighted by molar-refractivity contribution is 7.92. The van der Waals surface area contributed by atoms with Gasteiger partial charge in [0.1, 0.15) is 4.90 Å². The fourth-order valence-corrected chi connectivity index (χ4v) is 4.21. The molecule has 0 aliphatic carbocycles. The summed E-state index contributed by atoms with van der Waals surface area (Å²) in [6, 6.07) is 7.47. The van der Waals surface area contributed by atoms with Gasteiger partial charge in [0.05, 0.1) is 17.2 Å². The van der Waals surface area contributed by atoms with Crippen LogP contribution in [0.1, 0.15) is 19.8 Å². The van der Waals surface area contributed by atoms with Crippen molar-refractivity contribution in [1.82, 2.24) is 19.7 Å². The monoisotopic (exact) mass is 386 g/mol. The molecular weight excluding hydrogens is 364 g/mol. The molecule has 27 heavy (non-hydrogen) atoms. The predicted octanol–water partition coefficient (Wildman–Crippen LogP) is 2.40. The average Bonchev–Trinajstić information content (AvgIpc) is 3.09. The number of anilines is 2. The number of benzene rings is 1. The second-order valence-corrected chi connectivity index (χ2v) is 8.69. The molecule has 0 spiro atoms. The molecule has 1 fully saturated rings. The van der Waals surface area contributed by atoms with E-state index in [1.165, 1.54) is 17.1 Å². The zero-order valence-corrected chi connectivity index (χ0v) is 16.1. The van der Waals surface area contributed by atoms with Gasteiger partial charge in [0.25, 0.3) is 10.0 Å². The molecule has 2 aromatic heterocycles. The maximum atomic E-state index is 12.8. The van der Waals surface area contributed by atoms with Crippen LogP contribution in [0, 0.1) is 5.92 Å². The first-order valence-corrected chi connectivity index (χ1v) is 10.4. The van der Waals surface area contributed by atoms with Gasteiger partial charge in [0.15, 0.2) is 11.6 Å². The van der Waals surface area contributed by atoms with Crippen LogP contribution in [0.25, 0.3) is 11.0 Å². The molecule has 0 unspecified atom stereocenters. The number of hydrogen-bond donors (Lipinski definition) is 1. The summed E-state index contributed by atoms with van der Waals surface area (Å²) in [5.41, 5.74) is 1.39. The quantitative estimate of drug-likeness (QED) is 0.740. The van der Waals surface area contributed by atoms with Crippen LogP contribution in [-0.2, 0) is 17.1 Å². The van der Waals surface area contributed by atoms with E-state index in [1.54, 1.807) is 7.05 Å². The molecule has 0 radical (unpaired) electrons. The molecule has 0 saturated carbocycles. The number of rotatable bonds is 4. The highest BCUT2D eigenvalue weighted by Crippen LogP contribution is 2.30. The number of nitrogens with zero attached hydrogens (tertiary/aromatic N) is 5. The smallest absolute Gasteiger partial charge is 0.266 e. The first-order chi connectivity index (χ1) is 12.9. The number of nitrogens with one attached hydrogen (secondary N) is 1. The Labute approximate surface area is 158 Å². The summed E-state index contributed by atoms with van der Waals surface area (Å²) in [4.78, 5) is 11.5. The van der Waals surface area contributed by atoms with Crippen molar-refractivity contribution >= 4 is 32.7 Å². The summed E-state index contributed by atoms with van der Waals surface area (Å²) in [5.74, 6) is 1.49. The van der Waals surface area contributed by atoms with Gasteiger partial charge in [-0.3, -0.25) is 9.40 Å². The number of para-hydroxylation sites is 2. The first-order valence-electron chi connectivity index (χ1n) is 8.95. The van der Waals surface area contributed by atoms with Gasteiger partial charge in [-0.2, -0.15) is 5.10 Å². The van der Waals surface area contributed by atoms with Crippen LogP contribution in [0.2, 0.25) is 0 Å². The second kappa shape index (κ2) is 6.80. The Hall–Kier alpha value is -2.68. The van der Waals surface area contributed by atoms with Crippen LogP contribution >= 0.6 is 0 Å². The molecule has 0 amide bonds. The summed E-state index contributed by atoms with van der Waals surface area (Å²) in [6.07, 6.45) is 4.87. The fraction of sp³-hybridized carbons (Fsp3) is 0.389. The maximum absolute atomic E-state index is 12.8. The van der Waals surface area contributed by atoms with E-state index >= 15 is 0 Å². The summed E-state index contributed by atoms with van der Waals surface area (Å²) >= 11 is 0. The van der Waals surface area contributed by atoms with Crippen LogP contribution < -0.4 is 9.62 Å². The zero-order chi connectivity index (χ0) is 19.0. The third-order valence-electron chi connectivity index (χ3n) is 4.86. The summed E-state index contributed by atoms with van der Waals surface area (Å²) < 4.78 is 29.6. The molecule has 1 aromatic carbocycles. The minimum absolute atomic E-state index is 0.0955. The molecule has 8 nitrogen and oxygen atoms in total. The number of hydrogen-bond acceptors (Lipinski definition) is 6. The van der Waals surface area contributed by atoms with Crippen molar-refractivity contribution in [2.45, 2.75) is 24.7 Å². The van der Waals surface area contributed by atoms with Gasteiger partial charge in [-0.1, -0.05) is 19.1 Å². The Morgan fingerprint density at radius 3 is 2.41 bits per heavy atom. The molecule has 1 aliphatic rings. The standard InChI is InChI=1S/C18H22N6O2S/c1-13-7-9-24(10-8-13)18-17(20-15-5-3-4-6-16(15)21-18)22-27(25,26)14-11-19-23(2)12-14/h3-6,11-13H,7-10H2,1-2H3,(H,20,22). The van der Waals surface area contributed by atoms with Gasteiger partial charge in [0.2, 0.25) is 0 Å². The van der Waals surface area contributed by atoms with Crippen molar-refractivity contribution < 1.29 is 8.42 Å². The molecular formula is C18H22N6O2S. The molecule has 9 heteroatoms. The fourth-order valence-electron chi connectivity index (χ4n) is 3.22. The highest BCUT2D eigenvalue weighted by Gasteiger charge is 2.25. The third kappa shape index (κ3) is 3.59. The number of aryl methyl sites for hydroxylation is 1. The average molecular weight is 386 g/mol. The minimum Gasteiger partial charge on any atom is -0.353 e. The zero-order valence-electron chi connectivity index (χ0n) is 15.3. The van der Waals surface area contributed by atoms with E-state index in [0.717, 1.165) is 31.4 Å². The van der Waals surface area contributed by atoms with Crippen molar-refractivity contribution in [2.75, 3.05) is 22.7 Å². The van der Waals surface area contributed by atoms with Gasteiger partial charge in [-0.25, -0.2) is 18.4 Å². The van der Waals surface area contributed by atoms with Gasteiger partial charge < -0.3 is 4.90 Å². The summed E-state index contributed by atoms with van der Waals surface area (Å²) in [6.45, 7) is 3.89. The van der Waals surface area contributed by atoms with E-state index in [2.05, 4.69) is 26.6 Å². The lowest BCUT2D eigenvalue weighted by Gasteiger charge is -2.32. The number of sulfonamides is 1. The van der Waals surface area contributed by atoms with E-state index in [1.807, 2.05) is 24.3 Å². The van der Waals surface area contributed by atoms with E-state index < -0.39 is 10.0 Å². The minimum atomic E-state index is -3.80.